The predicted octanol–water partition coefficient (Wildman–Crippen LogP) is 4.02. The Hall–Kier alpha value is -1.68. The second-order valence-corrected chi connectivity index (χ2v) is 10.3. The van der Waals surface area contributed by atoms with Gasteiger partial charge >= 0.3 is 5.97 Å². The van der Waals surface area contributed by atoms with Crippen LogP contribution < -0.4 is 9.62 Å². The third-order valence-electron chi connectivity index (χ3n) is 6.23. The fourth-order valence-electron chi connectivity index (χ4n) is 4.11. The number of nitrogens with one attached hydrogen (secondary N) is 1. The summed E-state index contributed by atoms with van der Waals surface area (Å²) in [5, 5.41) is 0. The van der Waals surface area contributed by atoms with Gasteiger partial charge in [-0.25, -0.2) is 13.2 Å². The van der Waals surface area contributed by atoms with Crippen molar-refractivity contribution in [2.24, 2.45) is 0 Å². The number of hydrogen-bond donors (Lipinski definition) is 1. The number of aryl methyl sites for hydroxylation is 1. The number of carbonyl (C=O) groups is 1. The largest absolute Gasteiger partial charge is 0.487 e. The van der Waals surface area contributed by atoms with Crippen molar-refractivity contribution in [3.63, 3.8) is 0 Å². The first-order chi connectivity index (χ1) is 15.7. The topological polar surface area (TPSA) is 100 Å². The zero-order valence-corrected chi connectivity index (χ0v) is 21.3. The summed E-state index contributed by atoms with van der Waals surface area (Å²) in [5.41, 5.74) is 1.84. The number of sulfonamides is 1. The summed E-state index contributed by atoms with van der Waals surface area (Å²) in [5.74, 6) is -0.0665. The van der Waals surface area contributed by atoms with Gasteiger partial charge in [-0.15, -0.1) is 0 Å². The van der Waals surface area contributed by atoms with Crippen LogP contribution in [-0.4, -0.2) is 51.7 Å². The average Bonchev–Trinajstić information content (AvgIpc) is 2.81. The fraction of sp³-hybridized carbons (Fsp3) is 0.708. The van der Waals surface area contributed by atoms with Crippen molar-refractivity contribution >= 4 is 16.0 Å². The van der Waals surface area contributed by atoms with Gasteiger partial charge in [-0.1, -0.05) is 38.5 Å². The first-order valence-electron chi connectivity index (χ1n) is 11.9. The molecule has 0 bridgehead atoms. The van der Waals surface area contributed by atoms with Crippen LogP contribution in [0.2, 0.25) is 0 Å². The van der Waals surface area contributed by atoms with E-state index in [-0.39, 0.29) is 23.9 Å². The van der Waals surface area contributed by atoms with Crippen LogP contribution in [0.25, 0.3) is 0 Å². The number of benzene rings is 1. The highest BCUT2D eigenvalue weighted by molar-refractivity contribution is 7.89. The lowest BCUT2D eigenvalue weighted by molar-refractivity contribution is -0.162. The molecule has 1 aromatic rings. The molecule has 1 N–H and O–H groups in total. The van der Waals surface area contributed by atoms with Gasteiger partial charge in [0.15, 0.2) is 6.10 Å². The minimum Gasteiger partial charge on any atom is -0.487 e. The lowest BCUT2D eigenvalue weighted by Crippen LogP contribution is -2.41. The second-order valence-electron chi connectivity index (χ2n) is 8.51. The zero-order valence-electron chi connectivity index (χ0n) is 20.5. The van der Waals surface area contributed by atoms with E-state index in [0.29, 0.717) is 26.1 Å². The van der Waals surface area contributed by atoms with Crippen molar-refractivity contribution in [3.05, 3.63) is 29.3 Å². The maximum atomic E-state index is 12.6. The quantitative estimate of drug-likeness (QED) is 0.314. The lowest BCUT2D eigenvalue weighted by Gasteiger charge is -2.41. The summed E-state index contributed by atoms with van der Waals surface area (Å²) in [6.45, 7) is 11.0. The monoisotopic (exact) mass is 485 g/mol. The molecular formula is C24H39NO7S. The van der Waals surface area contributed by atoms with E-state index >= 15 is 0 Å². The molecule has 8 nitrogen and oxygen atoms in total. The van der Waals surface area contributed by atoms with Gasteiger partial charge in [0.2, 0.25) is 10.0 Å². The molecule has 1 aliphatic rings. The SMILES string of the molecule is CCOCCOC(CC)C(=O)ONS(=O)(=O)CCC1CC(CC)(CC)Oc2ccc(C)cc21. The minimum atomic E-state index is -3.82. The number of ether oxygens (including phenoxy) is 3. The number of carbonyl (C=O) groups excluding carboxylic acids is 1. The Morgan fingerprint density at radius 3 is 2.58 bits per heavy atom. The van der Waals surface area contributed by atoms with Gasteiger partial charge in [0.25, 0.3) is 0 Å². The van der Waals surface area contributed by atoms with E-state index in [4.69, 9.17) is 19.0 Å². The molecule has 1 aromatic carbocycles. The van der Waals surface area contributed by atoms with E-state index in [2.05, 4.69) is 19.9 Å². The van der Waals surface area contributed by atoms with Gasteiger partial charge < -0.3 is 19.0 Å². The van der Waals surface area contributed by atoms with Crippen LogP contribution in [0.15, 0.2) is 18.2 Å². The Labute approximate surface area is 198 Å². The Morgan fingerprint density at radius 2 is 1.94 bits per heavy atom. The van der Waals surface area contributed by atoms with Crippen molar-refractivity contribution in [1.29, 1.82) is 0 Å². The molecule has 2 atom stereocenters. The molecular weight excluding hydrogens is 446 g/mol. The van der Waals surface area contributed by atoms with Crippen LogP contribution >= 0.6 is 0 Å². The predicted molar refractivity (Wildman–Crippen MR) is 127 cm³/mol. The summed E-state index contributed by atoms with van der Waals surface area (Å²) < 4.78 is 42.1. The molecule has 1 aliphatic heterocycles. The highest BCUT2D eigenvalue weighted by Gasteiger charge is 2.38. The number of hydrogen-bond acceptors (Lipinski definition) is 7. The second kappa shape index (κ2) is 12.7. The van der Waals surface area contributed by atoms with Crippen LogP contribution in [0, 0.1) is 6.92 Å². The summed E-state index contributed by atoms with van der Waals surface area (Å²) >= 11 is 0. The number of rotatable bonds is 14. The molecule has 1 heterocycles. The first-order valence-corrected chi connectivity index (χ1v) is 13.5. The zero-order chi connectivity index (χ0) is 24.5. The normalized spacial score (nSPS) is 18.3. The van der Waals surface area contributed by atoms with E-state index < -0.39 is 22.1 Å². The average molecular weight is 486 g/mol. The van der Waals surface area contributed by atoms with Crippen LogP contribution in [0.3, 0.4) is 0 Å². The Balaban J connectivity index is 1.98. The first kappa shape index (κ1) is 27.6. The molecule has 33 heavy (non-hydrogen) atoms. The van der Waals surface area contributed by atoms with Crippen molar-refractivity contribution in [3.8, 4) is 5.75 Å². The fourth-order valence-corrected chi connectivity index (χ4v) is 5.00. The summed E-state index contributed by atoms with van der Waals surface area (Å²) in [7, 11) is -3.82. The van der Waals surface area contributed by atoms with Gasteiger partial charge in [0.1, 0.15) is 11.4 Å². The minimum absolute atomic E-state index is 0.0334. The standard InChI is InChI=1S/C24H39NO7S/c1-6-21(30-14-13-29-9-4)23(26)32-25-33(27,28)15-12-19-17-24(7-2,8-3)31-22-11-10-18(5)16-20(19)22/h10-11,16,19,21,25H,6-9,12-15,17H2,1-5H3. The third-order valence-corrected chi connectivity index (χ3v) is 7.34. The van der Waals surface area contributed by atoms with Crippen LogP contribution in [0.5, 0.6) is 5.75 Å². The molecule has 0 radical (unpaired) electrons. The highest BCUT2D eigenvalue weighted by Crippen LogP contribution is 2.45. The number of fused-ring (bicyclic) bond motifs is 1. The highest BCUT2D eigenvalue weighted by atomic mass is 32.2. The maximum absolute atomic E-state index is 12.6. The van der Waals surface area contributed by atoms with E-state index in [1.165, 1.54) is 0 Å². The molecule has 0 aliphatic carbocycles. The molecule has 0 saturated heterocycles. The molecule has 0 fully saturated rings. The van der Waals surface area contributed by atoms with E-state index in [0.717, 1.165) is 36.1 Å². The van der Waals surface area contributed by atoms with Crippen molar-refractivity contribution in [2.75, 3.05) is 25.6 Å². The van der Waals surface area contributed by atoms with Gasteiger partial charge in [0, 0.05) is 6.61 Å². The van der Waals surface area contributed by atoms with E-state index in [1.54, 1.807) is 6.92 Å². The van der Waals surface area contributed by atoms with Gasteiger partial charge in [0.05, 0.1) is 19.0 Å². The third kappa shape index (κ3) is 7.95. The summed E-state index contributed by atoms with van der Waals surface area (Å²) in [4.78, 5) is 19.1. The molecule has 2 unspecified atom stereocenters. The van der Waals surface area contributed by atoms with Gasteiger partial charge in [-0.2, -0.15) is 0 Å². The van der Waals surface area contributed by atoms with Gasteiger partial charge in [-0.3, -0.25) is 0 Å². The molecule has 0 aromatic heterocycles. The van der Waals surface area contributed by atoms with E-state index in [9.17, 15) is 13.2 Å². The van der Waals surface area contributed by atoms with Crippen molar-refractivity contribution < 1.29 is 32.3 Å². The summed E-state index contributed by atoms with van der Waals surface area (Å²) in [6.07, 6.45) is 2.35. The van der Waals surface area contributed by atoms with Crippen LogP contribution in [0.1, 0.15) is 76.8 Å². The maximum Gasteiger partial charge on any atom is 0.354 e. The smallest absolute Gasteiger partial charge is 0.354 e. The summed E-state index contributed by atoms with van der Waals surface area (Å²) in [6, 6.07) is 6.05. The van der Waals surface area contributed by atoms with Crippen molar-refractivity contribution in [2.45, 2.75) is 84.3 Å². The molecule has 0 spiro atoms. The molecule has 0 amide bonds. The van der Waals surface area contributed by atoms with E-state index in [1.807, 2.05) is 30.9 Å². The molecule has 188 valence electrons. The van der Waals surface area contributed by atoms with Crippen LogP contribution in [0.4, 0.5) is 0 Å². The molecule has 2 rings (SSSR count). The molecule has 9 heteroatoms. The van der Waals surface area contributed by atoms with Gasteiger partial charge in [-0.05, 0) is 68.4 Å². The Kier molecular flexibility index (Phi) is 10.6. The Bertz CT molecular complexity index is 868. The van der Waals surface area contributed by atoms with Crippen LogP contribution in [-0.2, 0) is 29.1 Å². The lowest BCUT2D eigenvalue weighted by atomic mass is 9.78. The van der Waals surface area contributed by atoms with Crippen molar-refractivity contribution in [1.82, 2.24) is 4.89 Å². The Morgan fingerprint density at radius 1 is 1.21 bits per heavy atom. The molecule has 0 saturated carbocycles.